The molecule has 0 aromatic heterocycles. The molecule has 1 N–H and O–H groups in total. The number of amides is 4. The molecule has 0 spiro atoms. The molecular weight excluding hydrogens is 282 g/mol. The van der Waals surface area contributed by atoms with Crippen molar-refractivity contribution in [1.82, 2.24) is 5.32 Å². The highest BCUT2D eigenvalue weighted by molar-refractivity contribution is 6.29. The van der Waals surface area contributed by atoms with Crippen LogP contribution in [0.4, 0.5) is 19.3 Å². The van der Waals surface area contributed by atoms with E-state index in [1.807, 2.05) is 5.32 Å². The lowest BCUT2D eigenvalue weighted by atomic mass is 9.78. The molecular formula is C14H14F2N2O3. The van der Waals surface area contributed by atoms with E-state index in [0.29, 0.717) is 4.90 Å². The Morgan fingerprint density at radius 2 is 1.76 bits per heavy atom. The minimum atomic E-state index is -1.45. The molecule has 1 saturated heterocycles. The van der Waals surface area contributed by atoms with E-state index in [4.69, 9.17) is 0 Å². The van der Waals surface area contributed by atoms with Crippen LogP contribution in [0.2, 0.25) is 0 Å². The first kappa shape index (κ1) is 15.1. The molecule has 1 heterocycles. The average molecular weight is 296 g/mol. The average Bonchev–Trinajstić information content (AvgIpc) is 2.44. The van der Waals surface area contributed by atoms with Crippen LogP contribution in [0.25, 0.3) is 0 Å². The Morgan fingerprint density at radius 3 is 2.33 bits per heavy atom. The number of halogens is 2. The van der Waals surface area contributed by atoms with E-state index in [0.717, 1.165) is 12.1 Å². The lowest BCUT2D eigenvalue weighted by molar-refractivity contribution is -0.143. The number of anilines is 1. The molecule has 2 rings (SSSR count). The van der Waals surface area contributed by atoms with Crippen molar-refractivity contribution in [2.45, 2.75) is 26.7 Å². The number of hydrogen-bond donors (Lipinski definition) is 1. The maximum atomic E-state index is 13.9. The molecule has 21 heavy (non-hydrogen) atoms. The van der Waals surface area contributed by atoms with Crippen molar-refractivity contribution in [3.05, 3.63) is 29.8 Å². The van der Waals surface area contributed by atoms with Crippen molar-refractivity contribution < 1.29 is 23.2 Å². The van der Waals surface area contributed by atoms with Gasteiger partial charge in [-0.1, -0.05) is 19.9 Å². The second-order valence-electron chi connectivity index (χ2n) is 4.76. The predicted octanol–water partition coefficient (Wildman–Crippen LogP) is 2.35. The van der Waals surface area contributed by atoms with E-state index in [9.17, 15) is 23.2 Å². The third-order valence-corrected chi connectivity index (χ3v) is 3.85. The van der Waals surface area contributed by atoms with E-state index in [1.54, 1.807) is 13.8 Å². The molecule has 0 atom stereocenters. The van der Waals surface area contributed by atoms with Gasteiger partial charge in [0.2, 0.25) is 5.91 Å². The SMILES string of the molecule is CCC1(CC)C(=O)NC(=O)N(c2cccc(F)c2F)C1=O. The molecule has 1 aliphatic heterocycles. The number of urea groups is 1. The zero-order chi connectivity index (χ0) is 15.8. The van der Waals surface area contributed by atoms with E-state index >= 15 is 0 Å². The zero-order valence-corrected chi connectivity index (χ0v) is 11.6. The lowest BCUT2D eigenvalue weighted by Gasteiger charge is -2.38. The highest BCUT2D eigenvalue weighted by Gasteiger charge is 2.52. The van der Waals surface area contributed by atoms with Crippen molar-refractivity contribution in [2.24, 2.45) is 5.41 Å². The Kier molecular flexibility index (Phi) is 3.76. The van der Waals surface area contributed by atoms with Gasteiger partial charge in [0.15, 0.2) is 11.6 Å². The minimum Gasteiger partial charge on any atom is -0.276 e. The van der Waals surface area contributed by atoms with Crippen LogP contribution < -0.4 is 10.2 Å². The number of rotatable bonds is 3. The number of nitrogens with one attached hydrogen (secondary N) is 1. The standard InChI is InChI=1S/C14H14F2N2O3/c1-3-14(4-2)11(19)17-13(21)18(12(14)20)9-7-5-6-8(15)10(9)16/h5-7H,3-4H2,1-2H3,(H,17,19,21). The number of hydrogen-bond acceptors (Lipinski definition) is 3. The van der Waals surface area contributed by atoms with E-state index in [2.05, 4.69) is 0 Å². The Labute approximate surface area is 119 Å². The van der Waals surface area contributed by atoms with Crippen molar-refractivity contribution in [3.8, 4) is 0 Å². The molecule has 7 heteroatoms. The van der Waals surface area contributed by atoms with Gasteiger partial charge in [-0.3, -0.25) is 14.9 Å². The molecule has 4 amide bonds. The molecule has 1 aromatic carbocycles. The lowest BCUT2D eigenvalue weighted by Crippen LogP contribution is -2.64. The van der Waals surface area contributed by atoms with Gasteiger partial charge in [0.05, 0.1) is 5.69 Å². The third kappa shape index (κ3) is 2.09. The molecule has 112 valence electrons. The molecule has 0 aliphatic carbocycles. The van der Waals surface area contributed by atoms with Crippen molar-refractivity contribution in [1.29, 1.82) is 0 Å². The number of nitrogens with zero attached hydrogens (tertiary/aromatic N) is 1. The molecule has 0 unspecified atom stereocenters. The Bertz CT molecular complexity index is 627. The first-order valence-electron chi connectivity index (χ1n) is 6.53. The summed E-state index contributed by atoms with van der Waals surface area (Å²) in [6.07, 6.45) is 0.295. The topological polar surface area (TPSA) is 66.5 Å². The summed E-state index contributed by atoms with van der Waals surface area (Å²) in [4.78, 5) is 36.9. The summed E-state index contributed by atoms with van der Waals surface area (Å²) in [7, 11) is 0. The van der Waals surface area contributed by atoms with Gasteiger partial charge in [0.1, 0.15) is 5.41 Å². The first-order valence-corrected chi connectivity index (χ1v) is 6.53. The normalized spacial score (nSPS) is 17.9. The summed E-state index contributed by atoms with van der Waals surface area (Å²) in [5.41, 5.74) is -1.96. The van der Waals surface area contributed by atoms with E-state index in [-0.39, 0.29) is 12.8 Å². The number of barbiturate groups is 1. The van der Waals surface area contributed by atoms with Crippen LogP contribution in [0.1, 0.15) is 26.7 Å². The smallest absolute Gasteiger partial charge is 0.276 e. The fraction of sp³-hybridized carbons (Fsp3) is 0.357. The monoisotopic (exact) mass is 296 g/mol. The first-order chi connectivity index (χ1) is 9.89. The Morgan fingerprint density at radius 1 is 1.14 bits per heavy atom. The minimum absolute atomic E-state index is 0.148. The fourth-order valence-electron chi connectivity index (χ4n) is 2.43. The van der Waals surface area contributed by atoms with Gasteiger partial charge in [-0.05, 0) is 25.0 Å². The number of imide groups is 2. The fourth-order valence-corrected chi connectivity index (χ4v) is 2.43. The Hall–Kier alpha value is -2.31. The largest absolute Gasteiger partial charge is 0.335 e. The molecule has 0 saturated carbocycles. The van der Waals surface area contributed by atoms with E-state index < -0.39 is 40.6 Å². The number of carbonyl (C=O) groups is 3. The van der Waals surface area contributed by atoms with Crippen LogP contribution in [0.15, 0.2) is 18.2 Å². The summed E-state index contributed by atoms with van der Waals surface area (Å²) in [6, 6.07) is 2.10. The Balaban J connectivity index is 2.58. The van der Waals surface area contributed by atoms with Gasteiger partial charge in [0, 0.05) is 0 Å². The van der Waals surface area contributed by atoms with Crippen LogP contribution in [0, 0.1) is 17.0 Å². The van der Waals surface area contributed by atoms with Crippen LogP contribution in [-0.2, 0) is 9.59 Å². The summed E-state index contributed by atoms with van der Waals surface area (Å²) in [5, 5.41) is 2.04. The van der Waals surface area contributed by atoms with Gasteiger partial charge in [0.25, 0.3) is 5.91 Å². The third-order valence-electron chi connectivity index (χ3n) is 3.85. The second-order valence-corrected chi connectivity index (χ2v) is 4.76. The van der Waals surface area contributed by atoms with Crippen molar-refractivity contribution >= 4 is 23.5 Å². The van der Waals surface area contributed by atoms with Crippen LogP contribution >= 0.6 is 0 Å². The van der Waals surface area contributed by atoms with Crippen LogP contribution in [-0.4, -0.2) is 17.8 Å². The molecule has 1 aromatic rings. The van der Waals surface area contributed by atoms with Crippen LogP contribution in [0.5, 0.6) is 0 Å². The van der Waals surface area contributed by atoms with Gasteiger partial charge < -0.3 is 0 Å². The van der Waals surface area contributed by atoms with Gasteiger partial charge in [-0.15, -0.1) is 0 Å². The number of benzene rings is 1. The van der Waals surface area contributed by atoms with Gasteiger partial charge in [-0.25, -0.2) is 18.5 Å². The quantitative estimate of drug-likeness (QED) is 0.871. The summed E-state index contributed by atoms with van der Waals surface area (Å²) < 4.78 is 27.2. The second kappa shape index (κ2) is 5.23. The highest BCUT2D eigenvalue weighted by atomic mass is 19.2. The van der Waals surface area contributed by atoms with E-state index in [1.165, 1.54) is 6.07 Å². The van der Waals surface area contributed by atoms with Crippen LogP contribution in [0.3, 0.4) is 0 Å². The molecule has 5 nitrogen and oxygen atoms in total. The van der Waals surface area contributed by atoms with Crippen molar-refractivity contribution in [2.75, 3.05) is 4.90 Å². The van der Waals surface area contributed by atoms with Crippen molar-refractivity contribution in [3.63, 3.8) is 0 Å². The highest BCUT2D eigenvalue weighted by Crippen LogP contribution is 2.35. The van der Waals surface area contributed by atoms with Gasteiger partial charge >= 0.3 is 6.03 Å². The zero-order valence-electron chi connectivity index (χ0n) is 11.6. The molecule has 1 aliphatic rings. The number of carbonyl (C=O) groups excluding carboxylic acids is 3. The predicted molar refractivity (Wildman–Crippen MR) is 70.4 cm³/mol. The molecule has 1 fully saturated rings. The summed E-state index contributed by atoms with van der Waals surface area (Å²) in [5.74, 6) is -4.04. The summed E-state index contributed by atoms with van der Waals surface area (Å²) >= 11 is 0. The van der Waals surface area contributed by atoms with Gasteiger partial charge in [-0.2, -0.15) is 0 Å². The molecule has 0 radical (unpaired) electrons. The molecule has 0 bridgehead atoms. The maximum absolute atomic E-state index is 13.9. The maximum Gasteiger partial charge on any atom is 0.335 e. The summed E-state index contributed by atoms with van der Waals surface area (Å²) in [6.45, 7) is 3.24.